The molecule has 0 saturated carbocycles. The number of piperazine rings is 1. The van der Waals surface area contributed by atoms with E-state index in [0.717, 1.165) is 31.7 Å². The molecule has 0 bridgehead atoms. The normalized spacial score (nSPS) is 16.5. The first-order valence-electron chi connectivity index (χ1n) is 6.73. The maximum atomic E-state index is 9.95. The maximum Gasteiger partial charge on any atom is 0.172 e. The van der Waals surface area contributed by atoms with Crippen molar-refractivity contribution in [1.82, 2.24) is 10.2 Å². The van der Waals surface area contributed by atoms with E-state index in [1.165, 1.54) is 0 Å². The molecule has 1 aliphatic rings. The molecule has 1 heterocycles. The number of nitrogens with one attached hydrogen (secondary N) is 1. The summed E-state index contributed by atoms with van der Waals surface area (Å²) in [6.07, 6.45) is 0. The largest absolute Gasteiger partial charge is 0.503 e. The highest BCUT2D eigenvalue weighted by atomic mass is 79.9. The van der Waals surface area contributed by atoms with Crippen molar-refractivity contribution in [3.05, 3.63) is 22.2 Å². The van der Waals surface area contributed by atoms with Crippen molar-refractivity contribution in [2.45, 2.75) is 19.9 Å². The zero-order chi connectivity index (χ0) is 13.8. The predicted octanol–water partition coefficient (Wildman–Crippen LogP) is 3.36. The summed E-state index contributed by atoms with van der Waals surface area (Å²) in [7, 11) is 0. The molecule has 1 saturated heterocycles. The van der Waals surface area contributed by atoms with Gasteiger partial charge in [-0.3, -0.25) is 4.90 Å². The van der Waals surface area contributed by atoms with E-state index in [0.29, 0.717) is 22.9 Å². The molecule has 0 aromatic heterocycles. The molecule has 1 atom stereocenters. The Morgan fingerprint density at radius 1 is 1.33 bits per heavy atom. The van der Waals surface area contributed by atoms with Gasteiger partial charge in [-0.05, 0) is 47.5 Å². The van der Waals surface area contributed by atoms with E-state index < -0.39 is 0 Å². The average molecular weight is 402 g/mol. The van der Waals surface area contributed by atoms with Crippen LogP contribution in [0.3, 0.4) is 0 Å². The molecular formula is C14H23BrCl2N2O2. The number of hydrogen-bond donors (Lipinski definition) is 2. The van der Waals surface area contributed by atoms with Gasteiger partial charge in [-0.2, -0.15) is 0 Å². The van der Waals surface area contributed by atoms with Crippen LogP contribution in [0.5, 0.6) is 11.5 Å². The highest BCUT2D eigenvalue weighted by Gasteiger charge is 2.20. The van der Waals surface area contributed by atoms with Crippen molar-refractivity contribution >= 4 is 40.7 Å². The topological polar surface area (TPSA) is 44.7 Å². The number of rotatable bonds is 4. The SMILES string of the molecule is CCOc1cc([C@@H](C)N2CCNCC2)cc(Br)c1O.Cl.Cl. The number of nitrogens with zero attached hydrogens (tertiary/aromatic N) is 1. The van der Waals surface area contributed by atoms with Gasteiger partial charge in [0.1, 0.15) is 0 Å². The molecular weight excluding hydrogens is 379 g/mol. The number of benzene rings is 1. The molecule has 4 nitrogen and oxygen atoms in total. The Bertz CT molecular complexity index is 443. The van der Waals surface area contributed by atoms with Crippen LogP contribution in [0.4, 0.5) is 0 Å². The summed E-state index contributed by atoms with van der Waals surface area (Å²) >= 11 is 3.40. The minimum absolute atomic E-state index is 0. The Hall–Kier alpha value is -0.200. The molecule has 1 fully saturated rings. The van der Waals surface area contributed by atoms with Crippen molar-refractivity contribution in [3.63, 3.8) is 0 Å². The number of ether oxygens (including phenoxy) is 1. The number of hydrogen-bond acceptors (Lipinski definition) is 4. The van der Waals surface area contributed by atoms with E-state index in [1.807, 2.05) is 19.1 Å². The van der Waals surface area contributed by atoms with Gasteiger partial charge in [-0.15, -0.1) is 24.8 Å². The van der Waals surface area contributed by atoms with Gasteiger partial charge in [0.15, 0.2) is 11.5 Å². The molecule has 0 radical (unpaired) electrons. The summed E-state index contributed by atoms with van der Waals surface area (Å²) in [5.41, 5.74) is 1.16. The van der Waals surface area contributed by atoms with Crippen LogP contribution in [0.2, 0.25) is 0 Å². The van der Waals surface area contributed by atoms with Gasteiger partial charge in [-0.25, -0.2) is 0 Å². The van der Waals surface area contributed by atoms with Crippen LogP contribution in [-0.2, 0) is 0 Å². The summed E-state index contributed by atoms with van der Waals surface area (Å²) in [6, 6.07) is 4.24. The van der Waals surface area contributed by atoms with Crippen LogP contribution in [0.15, 0.2) is 16.6 Å². The van der Waals surface area contributed by atoms with E-state index in [1.54, 1.807) is 0 Å². The van der Waals surface area contributed by atoms with Crippen molar-refractivity contribution in [1.29, 1.82) is 0 Å². The van der Waals surface area contributed by atoms with Gasteiger partial charge < -0.3 is 15.2 Å². The van der Waals surface area contributed by atoms with E-state index in [9.17, 15) is 5.11 Å². The van der Waals surface area contributed by atoms with Crippen LogP contribution in [0, 0.1) is 0 Å². The fourth-order valence-electron chi connectivity index (χ4n) is 2.38. The Kier molecular flexibility index (Phi) is 9.65. The van der Waals surface area contributed by atoms with Gasteiger partial charge in [-0.1, -0.05) is 0 Å². The summed E-state index contributed by atoms with van der Waals surface area (Å²) in [5.74, 6) is 0.729. The summed E-state index contributed by atoms with van der Waals surface area (Å²) in [6.45, 7) is 8.81. The molecule has 7 heteroatoms. The second-order valence-electron chi connectivity index (χ2n) is 4.74. The molecule has 0 spiro atoms. The summed E-state index contributed by atoms with van der Waals surface area (Å²) < 4.78 is 6.17. The molecule has 1 aromatic carbocycles. The zero-order valence-electron chi connectivity index (χ0n) is 12.3. The predicted molar refractivity (Wildman–Crippen MR) is 94.3 cm³/mol. The lowest BCUT2D eigenvalue weighted by Gasteiger charge is -2.33. The average Bonchev–Trinajstić information content (AvgIpc) is 2.44. The van der Waals surface area contributed by atoms with Crippen LogP contribution < -0.4 is 10.1 Å². The highest BCUT2D eigenvalue weighted by Crippen LogP contribution is 2.38. The standard InChI is InChI=1S/C14H21BrN2O2.2ClH/c1-3-19-13-9-11(8-12(15)14(13)18)10(2)17-6-4-16-5-7-17;;/h8-10,16,18H,3-7H2,1-2H3;2*1H/t10-;;/m1../s1. The molecule has 0 unspecified atom stereocenters. The van der Waals surface area contributed by atoms with Crippen LogP contribution >= 0.6 is 40.7 Å². The third kappa shape index (κ3) is 5.18. The van der Waals surface area contributed by atoms with Crippen LogP contribution in [-0.4, -0.2) is 42.8 Å². The van der Waals surface area contributed by atoms with Crippen LogP contribution in [0.1, 0.15) is 25.5 Å². The lowest BCUT2D eigenvalue weighted by molar-refractivity contribution is 0.185. The second-order valence-corrected chi connectivity index (χ2v) is 5.60. The molecule has 1 aliphatic heterocycles. The molecule has 0 aliphatic carbocycles. The monoisotopic (exact) mass is 400 g/mol. The number of phenolic OH excluding ortho intramolecular Hbond substituents is 1. The molecule has 2 N–H and O–H groups in total. The quantitative estimate of drug-likeness (QED) is 0.811. The molecule has 21 heavy (non-hydrogen) atoms. The van der Waals surface area contributed by atoms with Crippen molar-refractivity contribution < 1.29 is 9.84 Å². The molecule has 1 aromatic rings. The highest BCUT2D eigenvalue weighted by molar-refractivity contribution is 9.10. The first kappa shape index (κ1) is 20.8. The third-order valence-corrected chi connectivity index (χ3v) is 4.14. The van der Waals surface area contributed by atoms with E-state index in [4.69, 9.17) is 4.74 Å². The van der Waals surface area contributed by atoms with E-state index in [-0.39, 0.29) is 30.6 Å². The van der Waals surface area contributed by atoms with Gasteiger partial charge >= 0.3 is 0 Å². The number of aromatic hydroxyl groups is 1. The second kappa shape index (κ2) is 9.74. The summed E-state index contributed by atoms with van der Waals surface area (Å²) in [4.78, 5) is 2.44. The number of phenols is 1. The fourth-order valence-corrected chi connectivity index (χ4v) is 2.84. The Morgan fingerprint density at radius 2 is 1.95 bits per heavy atom. The van der Waals surface area contributed by atoms with Gasteiger partial charge in [0.2, 0.25) is 0 Å². The first-order chi connectivity index (χ1) is 9.13. The molecule has 0 amide bonds. The van der Waals surface area contributed by atoms with Crippen LogP contribution in [0.25, 0.3) is 0 Å². The Labute approximate surface area is 147 Å². The number of halogens is 3. The maximum absolute atomic E-state index is 9.95. The third-order valence-electron chi connectivity index (χ3n) is 3.53. The summed E-state index contributed by atoms with van der Waals surface area (Å²) in [5, 5.41) is 13.3. The smallest absolute Gasteiger partial charge is 0.172 e. The minimum atomic E-state index is 0. The molecule has 122 valence electrons. The van der Waals surface area contributed by atoms with E-state index in [2.05, 4.69) is 33.1 Å². The van der Waals surface area contributed by atoms with Gasteiger partial charge in [0.05, 0.1) is 11.1 Å². The Morgan fingerprint density at radius 3 is 2.52 bits per heavy atom. The van der Waals surface area contributed by atoms with E-state index >= 15 is 0 Å². The Balaban J connectivity index is 0.00000200. The van der Waals surface area contributed by atoms with Crippen molar-refractivity contribution in [2.75, 3.05) is 32.8 Å². The molecule has 2 rings (SSSR count). The zero-order valence-corrected chi connectivity index (χ0v) is 15.5. The minimum Gasteiger partial charge on any atom is -0.503 e. The van der Waals surface area contributed by atoms with Gasteiger partial charge in [0, 0.05) is 32.2 Å². The van der Waals surface area contributed by atoms with Gasteiger partial charge in [0.25, 0.3) is 0 Å². The van der Waals surface area contributed by atoms with Crippen molar-refractivity contribution in [2.24, 2.45) is 0 Å². The lowest BCUT2D eigenvalue weighted by atomic mass is 10.1. The fraction of sp³-hybridized carbons (Fsp3) is 0.571. The first-order valence-corrected chi connectivity index (χ1v) is 7.52. The van der Waals surface area contributed by atoms with Crippen molar-refractivity contribution in [3.8, 4) is 11.5 Å². The lowest BCUT2D eigenvalue weighted by Crippen LogP contribution is -2.44.